The van der Waals surface area contributed by atoms with Crippen LogP contribution in [0.5, 0.6) is 0 Å². The first-order chi connectivity index (χ1) is 8.01. The lowest BCUT2D eigenvalue weighted by Gasteiger charge is -2.10. The predicted octanol–water partition coefficient (Wildman–Crippen LogP) is 2.84. The maximum Gasteiger partial charge on any atom is 0.303 e. The molecule has 0 saturated heterocycles. The molecular formula is C14H24O3. The highest BCUT2D eigenvalue weighted by Gasteiger charge is 2.06. The fraction of sp³-hybridized carbons (Fsp3) is 0.714. The van der Waals surface area contributed by atoms with Crippen molar-refractivity contribution >= 4 is 5.97 Å². The topological polar surface area (TPSA) is 46.5 Å². The Labute approximate surface area is 104 Å². The number of aliphatic hydroxyl groups excluding tert-OH is 1. The Morgan fingerprint density at radius 3 is 2.53 bits per heavy atom. The molecule has 17 heavy (non-hydrogen) atoms. The summed E-state index contributed by atoms with van der Waals surface area (Å²) < 4.78 is 4.91. The summed E-state index contributed by atoms with van der Waals surface area (Å²) in [4.78, 5) is 10.8. The lowest BCUT2D eigenvalue weighted by molar-refractivity contribution is -0.145. The fourth-order valence-corrected chi connectivity index (χ4v) is 1.43. The molecule has 0 fully saturated rings. The average Bonchev–Trinajstić information content (AvgIpc) is 2.26. The van der Waals surface area contributed by atoms with Gasteiger partial charge in [-0.1, -0.05) is 27.2 Å². The smallest absolute Gasteiger partial charge is 0.303 e. The van der Waals surface area contributed by atoms with Crippen LogP contribution in [-0.4, -0.2) is 23.8 Å². The Kier molecular flexibility index (Phi) is 8.47. The Bertz CT molecular complexity index is 286. The second-order valence-corrected chi connectivity index (χ2v) is 4.42. The van der Waals surface area contributed by atoms with Crippen LogP contribution < -0.4 is 0 Å². The van der Waals surface area contributed by atoms with Gasteiger partial charge in [0.25, 0.3) is 0 Å². The van der Waals surface area contributed by atoms with Crippen LogP contribution in [0.3, 0.4) is 0 Å². The number of carbonyl (C=O) groups is 1. The van der Waals surface area contributed by atoms with E-state index in [9.17, 15) is 4.79 Å². The van der Waals surface area contributed by atoms with E-state index >= 15 is 0 Å². The minimum atomic E-state index is -0.581. The van der Waals surface area contributed by atoms with Gasteiger partial charge < -0.3 is 9.84 Å². The lowest BCUT2D eigenvalue weighted by Crippen LogP contribution is -2.17. The van der Waals surface area contributed by atoms with Gasteiger partial charge in [-0.3, -0.25) is 4.79 Å². The number of carbonyl (C=O) groups excluding carboxylic acids is 1. The molecule has 0 amide bonds. The third-order valence-corrected chi connectivity index (χ3v) is 2.45. The second kappa shape index (κ2) is 9.03. The summed E-state index contributed by atoms with van der Waals surface area (Å²) in [6, 6.07) is 0. The third-order valence-electron chi connectivity index (χ3n) is 2.45. The van der Waals surface area contributed by atoms with Crippen molar-refractivity contribution in [3.63, 3.8) is 0 Å². The van der Waals surface area contributed by atoms with Gasteiger partial charge >= 0.3 is 5.97 Å². The van der Waals surface area contributed by atoms with Gasteiger partial charge in [-0.2, -0.15) is 0 Å². The van der Waals surface area contributed by atoms with Gasteiger partial charge in [-0.05, 0) is 24.3 Å². The van der Waals surface area contributed by atoms with Gasteiger partial charge in [-0.15, -0.1) is 5.73 Å². The van der Waals surface area contributed by atoms with Crippen LogP contribution >= 0.6 is 0 Å². The predicted molar refractivity (Wildman–Crippen MR) is 68.6 cm³/mol. The van der Waals surface area contributed by atoms with E-state index in [2.05, 4.69) is 26.5 Å². The van der Waals surface area contributed by atoms with Crippen LogP contribution in [0.25, 0.3) is 0 Å². The Morgan fingerprint density at radius 1 is 1.47 bits per heavy atom. The van der Waals surface area contributed by atoms with Crippen molar-refractivity contribution in [2.24, 2.45) is 5.92 Å². The lowest BCUT2D eigenvalue weighted by atomic mass is 9.98. The number of ether oxygens (including phenoxy) is 1. The molecule has 3 heteroatoms. The van der Waals surface area contributed by atoms with E-state index in [0.717, 1.165) is 19.3 Å². The van der Waals surface area contributed by atoms with Crippen molar-refractivity contribution in [1.82, 2.24) is 0 Å². The largest absolute Gasteiger partial charge is 0.455 e. The molecule has 0 saturated carbocycles. The highest BCUT2D eigenvalue weighted by Crippen LogP contribution is 2.15. The van der Waals surface area contributed by atoms with E-state index in [1.807, 2.05) is 0 Å². The molecular weight excluding hydrogens is 216 g/mol. The molecule has 0 aliphatic rings. The summed E-state index contributed by atoms with van der Waals surface area (Å²) in [6.45, 7) is 7.51. The standard InChI is InChI=1S/C14H24O3/c1-5-6-7-13(11(2)3)8-9-14(10-15)17-12(4)16/h9,11,14-15H,5-7,10H2,1-4H3/t8?,14-/m1/s1. The molecule has 0 unspecified atom stereocenters. The Hall–Kier alpha value is -1.05. The van der Waals surface area contributed by atoms with Gasteiger partial charge in [0.2, 0.25) is 0 Å². The summed E-state index contributed by atoms with van der Waals surface area (Å²) in [6.07, 6.45) is 4.34. The Balaban J connectivity index is 4.67. The molecule has 0 aliphatic heterocycles. The van der Waals surface area contributed by atoms with Crippen molar-refractivity contribution in [2.75, 3.05) is 6.61 Å². The molecule has 1 N–H and O–H groups in total. The van der Waals surface area contributed by atoms with Gasteiger partial charge in [0.05, 0.1) is 6.61 Å². The molecule has 0 aromatic carbocycles. The number of hydrogen-bond donors (Lipinski definition) is 1. The highest BCUT2D eigenvalue weighted by atomic mass is 16.5. The maximum atomic E-state index is 10.8. The van der Waals surface area contributed by atoms with Gasteiger partial charge in [0.1, 0.15) is 0 Å². The van der Waals surface area contributed by atoms with Crippen LogP contribution in [0.1, 0.15) is 47.0 Å². The number of hydrogen-bond acceptors (Lipinski definition) is 3. The second-order valence-electron chi connectivity index (χ2n) is 4.42. The number of aliphatic hydroxyl groups is 1. The number of rotatable bonds is 7. The van der Waals surface area contributed by atoms with Crippen LogP contribution in [0.2, 0.25) is 0 Å². The van der Waals surface area contributed by atoms with E-state index in [0.29, 0.717) is 5.92 Å². The summed E-state index contributed by atoms with van der Waals surface area (Å²) in [5.41, 5.74) is 4.37. The van der Waals surface area contributed by atoms with Crippen molar-refractivity contribution < 1.29 is 14.6 Å². The van der Waals surface area contributed by atoms with Crippen molar-refractivity contribution in [3.8, 4) is 0 Å². The van der Waals surface area contributed by atoms with Gasteiger partial charge in [0.15, 0.2) is 6.10 Å². The van der Waals surface area contributed by atoms with Crippen LogP contribution in [-0.2, 0) is 9.53 Å². The first-order valence-corrected chi connectivity index (χ1v) is 6.24. The highest BCUT2D eigenvalue weighted by molar-refractivity contribution is 5.66. The molecule has 0 aromatic heterocycles. The maximum absolute atomic E-state index is 10.8. The molecule has 0 heterocycles. The van der Waals surface area contributed by atoms with Crippen LogP contribution in [0, 0.1) is 5.92 Å². The summed E-state index contributed by atoms with van der Waals surface area (Å²) in [5, 5.41) is 9.04. The van der Waals surface area contributed by atoms with Crippen LogP contribution in [0.15, 0.2) is 17.4 Å². The zero-order valence-electron chi connectivity index (χ0n) is 11.3. The molecule has 0 aliphatic carbocycles. The van der Waals surface area contributed by atoms with Crippen molar-refractivity contribution in [3.05, 3.63) is 17.4 Å². The molecule has 0 aromatic rings. The minimum Gasteiger partial charge on any atom is -0.455 e. The molecule has 0 rings (SSSR count). The van der Waals surface area contributed by atoms with Crippen molar-refractivity contribution in [1.29, 1.82) is 0 Å². The molecule has 0 bridgehead atoms. The first kappa shape index (κ1) is 16.0. The molecule has 1 atom stereocenters. The minimum absolute atomic E-state index is 0.203. The van der Waals surface area contributed by atoms with Crippen molar-refractivity contribution in [2.45, 2.75) is 53.1 Å². The van der Waals surface area contributed by atoms with Gasteiger partial charge in [0, 0.05) is 13.0 Å². The van der Waals surface area contributed by atoms with E-state index in [1.165, 1.54) is 12.5 Å². The Morgan fingerprint density at radius 2 is 2.12 bits per heavy atom. The summed E-state index contributed by atoms with van der Waals surface area (Å²) in [5.74, 6) is 0.0382. The quantitative estimate of drug-likeness (QED) is 0.550. The summed E-state index contributed by atoms with van der Waals surface area (Å²) >= 11 is 0. The molecule has 0 spiro atoms. The zero-order valence-corrected chi connectivity index (χ0v) is 11.3. The van der Waals surface area contributed by atoms with Crippen LogP contribution in [0.4, 0.5) is 0 Å². The van der Waals surface area contributed by atoms with E-state index in [1.54, 1.807) is 6.08 Å². The number of esters is 1. The first-order valence-electron chi connectivity index (χ1n) is 6.24. The average molecular weight is 240 g/mol. The fourth-order valence-electron chi connectivity index (χ4n) is 1.43. The molecule has 98 valence electrons. The molecule has 3 nitrogen and oxygen atoms in total. The monoisotopic (exact) mass is 240 g/mol. The summed E-state index contributed by atoms with van der Waals surface area (Å²) in [7, 11) is 0. The molecule has 0 radical (unpaired) electrons. The van der Waals surface area contributed by atoms with E-state index in [4.69, 9.17) is 9.84 Å². The normalized spacial score (nSPS) is 11.9. The zero-order chi connectivity index (χ0) is 13.3. The SMILES string of the molecule is CCCCC(=C=C[C@H](CO)OC(C)=O)C(C)C. The third kappa shape index (κ3) is 7.78. The van der Waals surface area contributed by atoms with E-state index in [-0.39, 0.29) is 12.6 Å². The van der Waals surface area contributed by atoms with E-state index < -0.39 is 6.10 Å². The number of unbranched alkanes of at least 4 members (excludes halogenated alkanes) is 1. The van der Waals surface area contributed by atoms with Gasteiger partial charge in [-0.25, -0.2) is 0 Å².